The van der Waals surface area contributed by atoms with Gasteiger partial charge in [0.15, 0.2) is 0 Å². The Morgan fingerprint density at radius 2 is 1.75 bits per heavy atom. The smallest absolute Gasteiger partial charge is 0.335 e. The molecule has 3 nitrogen and oxygen atoms in total. The van der Waals surface area contributed by atoms with Gasteiger partial charge in [0.05, 0.1) is 7.11 Å². The quantitative estimate of drug-likeness (QED) is 0.481. The van der Waals surface area contributed by atoms with E-state index >= 15 is 0 Å². The van der Waals surface area contributed by atoms with Gasteiger partial charge in [-0.2, -0.15) is 0 Å². The molecule has 0 N–H and O–H groups in total. The number of esters is 1. The third-order valence-electron chi connectivity index (χ3n) is 2.98. The normalized spacial score (nSPS) is 9.90. The maximum atomic E-state index is 11.2. The number of ether oxygens (including phenoxy) is 2. The van der Waals surface area contributed by atoms with Gasteiger partial charge in [0.2, 0.25) is 0 Å². The Hall–Kier alpha value is -2.55. The third kappa shape index (κ3) is 3.06. The molecule has 0 spiro atoms. The number of rotatable bonds is 4. The largest absolute Gasteiger partial charge is 0.497 e. The second-order valence-electron chi connectivity index (χ2n) is 4.33. The first kappa shape index (κ1) is 13.9. The Morgan fingerprint density at radius 3 is 2.30 bits per heavy atom. The highest BCUT2D eigenvalue weighted by Crippen LogP contribution is 2.28. The Labute approximate surface area is 118 Å². The van der Waals surface area contributed by atoms with Gasteiger partial charge in [-0.15, -0.1) is 0 Å². The van der Waals surface area contributed by atoms with Crippen molar-refractivity contribution in [3.63, 3.8) is 0 Å². The van der Waals surface area contributed by atoms with E-state index in [-0.39, 0.29) is 0 Å². The van der Waals surface area contributed by atoms with Crippen molar-refractivity contribution < 1.29 is 14.3 Å². The monoisotopic (exact) mass is 268 g/mol. The summed E-state index contributed by atoms with van der Waals surface area (Å²) >= 11 is 0. The van der Waals surface area contributed by atoms with Crippen LogP contribution in [0.3, 0.4) is 0 Å². The van der Waals surface area contributed by atoms with Crippen LogP contribution in [0.5, 0.6) is 11.5 Å². The minimum Gasteiger partial charge on any atom is -0.497 e. The lowest BCUT2D eigenvalue weighted by Gasteiger charge is -2.09. The van der Waals surface area contributed by atoms with Crippen LogP contribution in [-0.4, -0.2) is 13.1 Å². The summed E-state index contributed by atoms with van der Waals surface area (Å²) in [6.45, 7) is 5.35. The predicted molar refractivity (Wildman–Crippen MR) is 79.0 cm³/mol. The Bertz CT molecular complexity index is 627. The molecule has 0 aromatic heterocycles. The van der Waals surface area contributed by atoms with Gasteiger partial charge in [0.1, 0.15) is 11.5 Å². The van der Waals surface area contributed by atoms with E-state index in [1.165, 1.54) is 0 Å². The summed E-state index contributed by atoms with van der Waals surface area (Å²) in [5, 5.41) is 0. The van der Waals surface area contributed by atoms with Crippen LogP contribution in [0.2, 0.25) is 0 Å². The number of carbonyl (C=O) groups is 1. The summed E-state index contributed by atoms with van der Waals surface area (Å²) < 4.78 is 10.2. The molecule has 0 aliphatic rings. The lowest BCUT2D eigenvalue weighted by molar-refractivity contribution is -0.128. The Morgan fingerprint density at radius 1 is 1.10 bits per heavy atom. The van der Waals surface area contributed by atoms with E-state index in [9.17, 15) is 4.79 Å². The molecule has 0 atom stereocenters. The number of hydrogen-bond acceptors (Lipinski definition) is 3. The first-order valence-electron chi connectivity index (χ1n) is 6.23. The van der Waals surface area contributed by atoms with Crippen molar-refractivity contribution in [2.45, 2.75) is 6.92 Å². The molecule has 102 valence electrons. The topological polar surface area (TPSA) is 35.5 Å². The second kappa shape index (κ2) is 6.06. The van der Waals surface area contributed by atoms with Crippen molar-refractivity contribution in [3.05, 3.63) is 60.7 Å². The highest BCUT2D eigenvalue weighted by Gasteiger charge is 2.06. The van der Waals surface area contributed by atoms with Gasteiger partial charge in [0, 0.05) is 6.08 Å². The van der Waals surface area contributed by atoms with E-state index in [2.05, 4.69) is 6.58 Å². The van der Waals surface area contributed by atoms with E-state index in [1.807, 2.05) is 43.3 Å². The molecule has 20 heavy (non-hydrogen) atoms. The van der Waals surface area contributed by atoms with Crippen LogP contribution in [0, 0.1) is 6.92 Å². The zero-order valence-corrected chi connectivity index (χ0v) is 11.6. The van der Waals surface area contributed by atoms with Crippen LogP contribution in [0.4, 0.5) is 0 Å². The van der Waals surface area contributed by atoms with Crippen molar-refractivity contribution >= 4 is 5.97 Å². The fourth-order valence-electron chi connectivity index (χ4n) is 1.95. The summed E-state index contributed by atoms with van der Waals surface area (Å²) in [7, 11) is 1.64. The fourth-order valence-corrected chi connectivity index (χ4v) is 1.95. The maximum absolute atomic E-state index is 11.2. The van der Waals surface area contributed by atoms with Crippen LogP contribution >= 0.6 is 0 Å². The molecule has 2 aromatic rings. The fraction of sp³-hybridized carbons (Fsp3) is 0.118. The average Bonchev–Trinajstić information content (AvgIpc) is 2.47. The van der Waals surface area contributed by atoms with Gasteiger partial charge in [-0.05, 0) is 47.9 Å². The highest BCUT2D eigenvalue weighted by atomic mass is 16.5. The lowest BCUT2D eigenvalue weighted by Crippen LogP contribution is -2.03. The maximum Gasteiger partial charge on any atom is 0.335 e. The Balaban J connectivity index is 2.28. The SMILES string of the molecule is C=CC(=O)Oc1ccc(-c2ccc(OC)cc2)c(C)c1. The van der Waals surface area contributed by atoms with Crippen molar-refractivity contribution in [1.29, 1.82) is 0 Å². The first-order valence-corrected chi connectivity index (χ1v) is 6.23. The van der Waals surface area contributed by atoms with Crippen LogP contribution < -0.4 is 9.47 Å². The summed E-state index contributed by atoms with van der Waals surface area (Å²) in [5.41, 5.74) is 3.21. The van der Waals surface area contributed by atoms with Crippen LogP contribution in [0.25, 0.3) is 11.1 Å². The van der Waals surface area contributed by atoms with E-state index in [0.29, 0.717) is 5.75 Å². The number of benzene rings is 2. The molecule has 0 aliphatic heterocycles. The molecular weight excluding hydrogens is 252 g/mol. The van der Waals surface area contributed by atoms with Gasteiger partial charge < -0.3 is 9.47 Å². The Kier molecular flexibility index (Phi) is 4.20. The van der Waals surface area contributed by atoms with Crippen LogP contribution in [-0.2, 0) is 4.79 Å². The number of hydrogen-bond donors (Lipinski definition) is 0. The van der Waals surface area contributed by atoms with E-state index in [4.69, 9.17) is 9.47 Å². The zero-order valence-electron chi connectivity index (χ0n) is 11.6. The van der Waals surface area contributed by atoms with Crippen molar-refractivity contribution in [1.82, 2.24) is 0 Å². The predicted octanol–water partition coefficient (Wildman–Crippen LogP) is 3.76. The van der Waals surface area contributed by atoms with Gasteiger partial charge in [-0.3, -0.25) is 0 Å². The molecule has 0 unspecified atom stereocenters. The standard InChI is InChI=1S/C17H16O3/c1-4-17(18)20-15-9-10-16(12(2)11-15)13-5-7-14(19-3)8-6-13/h4-11H,1H2,2-3H3. The highest BCUT2D eigenvalue weighted by molar-refractivity contribution is 5.83. The first-order chi connectivity index (χ1) is 9.63. The van der Waals surface area contributed by atoms with Crippen LogP contribution in [0.1, 0.15) is 5.56 Å². The van der Waals surface area contributed by atoms with Crippen LogP contribution in [0.15, 0.2) is 55.1 Å². The molecule has 0 radical (unpaired) electrons. The van der Waals surface area contributed by atoms with E-state index in [0.717, 1.165) is 28.5 Å². The van der Waals surface area contributed by atoms with E-state index < -0.39 is 5.97 Å². The lowest BCUT2D eigenvalue weighted by atomic mass is 10.0. The molecule has 0 bridgehead atoms. The average molecular weight is 268 g/mol. The molecule has 3 heteroatoms. The minimum absolute atomic E-state index is 0.457. The van der Waals surface area contributed by atoms with Gasteiger partial charge in [-0.25, -0.2) is 4.79 Å². The van der Waals surface area contributed by atoms with Gasteiger partial charge in [-0.1, -0.05) is 24.8 Å². The van der Waals surface area contributed by atoms with E-state index in [1.54, 1.807) is 13.2 Å². The molecule has 2 rings (SSSR count). The summed E-state index contributed by atoms with van der Waals surface area (Å²) in [6.07, 6.45) is 1.15. The molecule has 0 aliphatic carbocycles. The molecule has 0 fully saturated rings. The zero-order chi connectivity index (χ0) is 14.5. The number of carbonyl (C=O) groups excluding carboxylic acids is 1. The molecule has 0 heterocycles. The number of methoxy groups -OCH3 is 1. The summed E-state index contributed by atoms with van der Waals surface area (Å²) in [5.74, 6) is 0.884. The van der Waals surface area contributed by atoms with Crippen molar-refractivity contribution in [3.8, 4) is 22.6 Å². The summed E-state index contributed by atoms with van der Waals surface area (Å²) in [6, 6.07) is 13.4. The number of aryl methyl sites for hydroxylation is 1. The van der Waals surface area contributed by atoms with Crippen molar-refractivity contribution in [2.75, 3.05) is 7.11 Å². The second-order valence-corrected chi connectivity index (χ2v) is 4.33. The minimum atomic E-state index is -0.457. The molecule has 0 amide bonds. The van der Waals surface area contributed by atoms with Crippen molar-refractivity contribution in [2.24, 2.45) is 0 Å². The third-order valence-corrected chi connectivity index (χ3v) is 2.98. The molecule has 0 saturated heterocycles. The van der Waals surface area contributed by atoms with Gasteiger partial charge >= 0.3 is 5.97 Å². The molecule has 2 aromatic carbocycles. The molecule has 0 saturated carbocycles. The van der Waals surface area contributed by atoms with Gasteiger partial charge in [0.25, 0.3) is 0 Å². The summed E-state index contributed by atoms with van der Waals surface area (Å²) in [4.78, 5) is 11.2. The molecular formula is C17H16O3.